The van der Waals surface area contributed by atoms with E-state index in [9.17, 15) is 0 Å². The van der Waals surface area contributed by atoms with E-state index in [4.69, 9.17) is 11.6 Å². The molecule has 0 aromatic carbocycles. The van der Waals surface area contributed by atoms with Gasteiger partial charge in [-0.05, 0) is 56.8 Å². The van der Waals surface area contributed by atoms with Crippen molar-refractivity contribution in [1.82, 2.24) is 0 Å². The highest BCUT2D eigenvalue weighted by Gasteiger charge is 2.36. The maximum atomic E-state index is 6.18. The van der Waals surface area contributed by atoms with Crippen molar-refractivity contribution >= 4 is 11.6 Å². The molecule has 2 aliphatic rings. The largest absolute Gasteiger partial charge is 0.123 e. The van der Waals surface area contributed by atoms with Crippen LogP contribution in [0.15, 0.2) is 0 Å². The van der Waals surface area contributed by atoms with Crippen LogP contribution in [0.25, 0.3) is 0 Å². The van der Waals surface area contributed by atoms with Gasteiger partial charge in [0.25, 0.3) is 0 Å². The fourth-order valence-electron chi connectivity index (χ4n) is 3.51. The number of hydrogen-bond acceptors (Lipinski definition) is 0. The van der Waals surface area contributed by atoms with Gasteiger partial charge in [-0.3, -0.25) is 0 Å². The van der Waals surface area contributed by atoms with Gasteiger partial charge in [-0.15, -0.1) is 11.6 Å². The first-order valence-corrected chi connectivity index (χ1v) is 6.80. The Balaban J connectivity index is 1.87. The highest BCUT2D eigenvalue weighted by molar-refractivity contribution is 6.20. The Morgan fingerprint density at radius 3 is 2.07 bits per heavy atom. The second kappa shape index (κ2) is 4.43. The zero-order valence-electron chi connectivity index (χ0n) is 9.40. The Morgan fingerprint density at radius 2 is 1.57 bits per heavy atom. The van der Waals surface area contributed by atoms with E-state index < -0.39 is 0 Å². The fourth-order valence-corrected chi connectivity index (χ4v) is 3.77. The predicted molar refractivity (Wildman–Crippen MR) is 62.8 cm³/mol. The molecule has 0 nitrogen and oxygen atoms in total. The summed E-state index contributed by atoms with van der Waals surface area (Å²) in [6.45, 7) is 2.17. The average Bonchev–Trinajstić information content (AvgIpc) is 2.19. The van der Waals surface area contributed by atoms with E-state index in [1.54, 1.807) is 0 Å². The predicted octanol–water partition coefficient (Wildman–Crippen LogP) is 4.75. The zero-order chi connectivity index (χ0) is 10.0. The number of halogens is 1. The lowest BCUT2D eigenvalue weighted by molar-refractivity contribution is 0.0969. The van der Waals surface area contributed by atoms with Crippen molar-refractivity contribution in [1.29, 1.82) is 0 Å². The lowest BCUT2D eigenvalue weighted by Gasteiger charge is -2.43. The van der Waals surface area contributed by atoms with E-state index in [0.29, 0.717) is 5.38 Å². The van der Waals surface area contributed by atoms with Crippen molar-refractivity contribution in [2.75, 3.05) is 0 Å². The molecule has 82 valence electrons. The summed E-state index contributed by atoms with van der Waals surface area (Å²) in [7, 11) is 0. The quantitative estimate of drug-likeness (QED) is 0.553. The van der Waals surface area contributed by atoms with E-state index in [1.807, 2.05) is 0 Å². The summed E-state index contributed by atoms with van der Waals surface area (Å²) in [5.41, 5.74) is 0.764. The molecule has 0 bridgehead atoms. The van der Waals surface area contributed by atoms with Gasteiger partial charge < -0.3 is 0 Å². The molecule has 2 saturated carbocycles. The molecule has 2 fully saturated rings. The van der Waals surface area contributed by atoms with Crippen molar-refractivity contribution in [3.63, 3.8) is 0 Å². The summed E-state index contributed by atoms with van der Waals surface area (Å²) in [5, 5.41) is 0.399. The van der Waals surface area contributed by atoms with Gasteiger partial charge in [-0.25, -0.2) is 0 Å². The fraction of sp³-hybridized carbons (Fsp3) is 1.00. The molecule has 0 aromatic heterocycles. The van der Waals surface area contributed by atoms with Crippen LogP contribution in [0.3, 0.4) is 0 Å². The lowest BCUT2D eigenvalue weighted by Crippen LogP contribution is -2.31. The molecule has 0 aliphatic heterocycles. The molecule has 0 amide bonds. The minimum absolute atomic E-state index is 0.399. The van der Waals surface area contributed by atoms with Gasteiger partial charge in [-0.2, -0.15) is 0 Å². The summed E-state index contributed by atoms with van der Waals surface area (Å²) in [5.74, 6) is 0.809. The van der Waals surface area contributed by atoms with E-state index in [2.05, 4.69) is 6.92 Å². The number of rotatable bonds is 1. The third-order valence-electron chi connectivity index (χ3n) is 4.65. The SMILES string of the molecule is CC(Cl)C1CCC2(CCCCC2)CC1. The molecule has 1 heteroatoms. The Morgan fingerprint density at radius 1 is 1.00 bits per heavy atom. The van der Waals surface area contributed by atoms with Crippen LogP contribution in [0.2, 0.25) is 0 Å². The Bertz CT molecular complexity index is 170. The van der Waals surface area contributed by atoms with Crippen LogP contribution in [0.1, 0.15) is 64.7 Å². The molecule has 1 unspecified atom stereocenters. The summed E-state index contributed by atoms with van der Waals surface area (Å²) < 4.78 is 0. The van der Waals surface area contributed by atoms with Gasteiger partial charge in [0, 0.05) is 5.38 Å². The van der Waals surface area contributed by atoms with Crippen molar-refractivity contribution < 1.29 is 0 Å². The summed E-state index contributed by atoms with van der Waals surface area (Å²) in [4.78, 5) is 0. The van der Waals surface area contributed by atoms with Gasteiger partial charge in [-0.1, -0.05) is 19.3 Å². The van der Waals surface area contributed by atoms with Crippen LogP contribution in [-0.2, 0) is 0 Å². The molecule has 1 spiro atoms. The molecule has 0 heterocycles. The average molecular weight is 215 g/mol. The van der Waals surface area contributed by atoms with E-state index in [0.717, 1.165) is 11.3 Å². The third-order valence-corrected chi connectivity index (χ3v) is 5.01. The van der Waals surface area contributed by atoms with Crippen LogP contribution in [-0.4, -0.2) is 5.38 Å². The molecule has 0 radical (unpaired) electrons. The Hall–Kier alpha value is 0.290. The second-order valence-electron chi connectivity index (χ2n) is 5.58. The van der Waals surface area contributed by atoms with Crippen molar-refractivity contribution in [3.05, 3.63) is 0 Å². The molecule has 0 aromatic rings. The minimum atomic E-state index is 0.399. The molecule has 2 rings (SSSR count). The monoisotopic (exact) mass is 214 g/mol. The molecular weight excluding hydrogens is 192 g/mol. The van der Waals surface area contributed by atoms with E-state index in [1.165, 1.54) is 57.8 Å². The molecular formula is C13H23Cl. The summed E-state index contributed by atoms with van der Waals surface area (Å²) >= 11 is 6.18. The molecule has 0 N–H and O–H groups in total. The topological polar surface area (TPSA) is 0 Å². The molecule has 14 heavy (non-hydrogen) atoms. The van der Waals surface area contributed by atoms with Crippen LogP contribution in [0, 0.1) is 11.3 Å². The smallest absolute Gasteiger partial charge is 0.0336 e. The second-order valence-corrected chi connectivity index (χ2v) is 6.26. The summed E-state index contributed by atoms with van der Waals surface area (Å²) in [6.07, 6.45) is 13.2. The standard InChI is InChI=1S/C13H23Cl/c1-11(14)12-5-9-13(10-6-12)7-3-2-4-8-13/h11-12H,2-10H2,1H3. The van der Waals surface area contributed by atoms with Gasteiger partial charge in [0.05, 0.1) is 0 Å². The van der Waals surface area contributed by atoms with Crippen LogP contribution >= 0.6 is 11.6 Å². The van der Waals surface area contributed by atoms with Crippen molar-refractivity contribution in [2.45, 2.75) is 70.1 Å². The third kappa shape index (κ3) is 2.27. The maximum Gasteiger partial charge on any atom is 0.0336 e. The Labute approximate surface area is 93.4 Å². The van der Waals surface area contributed by atoms with Crippen LogP contribution < -0.4 is 0 Å². The van der Waals surface area contributed by atoms with Gasteiger partial charge in [0.2, 0.25) is 0 Å². The first kappa shape index (κ1) is 10.8. The van der Waals surface area contributed by atoms with E-state index in [-0.39, 0.29) is 0 Å². The van der Waals surface area contributed by atoms with E-state index >= 15 is 0 Å². The van der Waals surface area contributed by atoms with Crippen molar-refractivity contribution in [2.24, 2.45) is 11.3 Å². The van der Waals surface area contributed by atoms with Crippen LogP contribution in [0.5, 0.6) is 0 Å². The van der Waals surface area contributed by atoms with Crippen LogP contribution in [0.4, 0.5) is 0 Å². The van der Waals surface area contributed by atoms with Gasteiger partial charge in [0.15, 0.2) is 0 Å². The highest BCUT2D eigenvalue weighted by Crippen LogP contribution is 2.49. The highest BCUT2D eigenvalue weighted by atomic mass is 35.5. The molecule has 0 saturated heterocycles. The summed E-state index contributed by atoms with van der Waals surface area (Å²) in [6, 6.07) is 0. The Kier molecular flexibility index (Phi) is 3.42. The molecule has 2 aliphatic carbocycles. The normalized spacial score (nSPS) is 30.4. The minimum Gasteiger partial charge on any atom is -0.123 e. The van der Waals surface area contributed by atoms with Crippen molar-refractivity contribution in [3.8, 4) is 0 Å². The molecule has 1 atom stereocenters. The zero-order valence-corrected chi connectivity index (χ0v) is 10.2. The van der Waals surface area contributed by atoms with Gasteiger partial charge >= 0.3 is 0 Å². The first-order valence-electron chi connectivity index (χ1n) is 6.36. The maximum absolute atomic E-state index is 6.18. The first-order chi connectivity index (χ1) is 6.72. The van der Waals surface area contributed by atoms with Gasteiger partial charge in [0.1, 0.15) is 0 Å². The number of hydrogen-bond donors (Lipinski definition) is 0. The number of alkyl halides is 1. The lowest BCUT2D eigenvalue weighted by atomic mass is 9.63.